The Hall–Kier alpha value is -1.05. The summed E-state index contributed by atoms with van der Waals surface area (Å²) in [5, 5.41) is 0. The highest BCUT2D eigenvalue weighted by atomic mass is 16.5. The monoisotopic (exact) mass is 292 g/mol. The quantitative estimate of drug-likeness (QED) is 0.380. The standard InChI is InChI=1S/C19H32O2/c1-4-21-19(20)15-10-8-6-5-7-9-14-18-16(2)12-11-13-17(18)3/h2,4-15H2,1,3H3. The number of carbonyl (C=O) groups is 1. The SMILES string of the molecule is C=C1CCCC(C)=C1CCCCCCCCC(=O)OCC. The summed E-state index contributed by atoms with van der Waals surface area (Å²) in [6.07, 6.45) is 12.8. The largest absolute Gasteiger partial charge is 0.466 e. The molecule has 0 unspecified atom stereocenters. The third-order valence-corrected chi connectivity index (χ3v) is 4.34. The van der Waals surface area contributed by atoms with Crippen molar-refractivity contribution in [2.45, 2.75) is 84.5 Å². The lowest BCUT2D eigenvalue weighted by atomic mass is 9.86. The summed E-state index contributed by atoms with van der Waals surface area (Å²) < 4.78 is 4.92. The van der Waals surface area contributed by atoms with Crippen LogP contribution < -0.4 is 0 Å². The van der Waals surface area contributed by atoms with Gasteiger partial charge in [0.05, 0.1) is 6.61 Å². The number of ether oxygens (including phenoxy) is 1. The molecule has 2 nitrogen and oxygen atoms in total. The van der Waals surface area contributed by atoms with E-state index in [4.69, 9.17) is 4.74 Å². The second-order valence-electron chi connectivity index (χ2n) is 6.14. The third-order valence-electron chi connectivity index (χ3n) is 4.34. The van der Waals surface area contributed by atoms with Crippen LogP contribution in [0.3, 0.4) is 0 Å². The Morgan fingerprint density at radius 1 is 1.10 bits per heavy atom. The van der Waals surface area contributed by atoms with Gasteiger partial charge in [0.15, 0.2) is 0 Å². The molecule has 0 aliphatic heterocycles. The molecule has 1 rings (SSSR count). The molecule has 0 spiro atoms. The van der Waals surface area contributed by atoms with E-state index in [-0.39, 0.29) is 5.97 Å². The molecular formula is C19H32O2. The van der Waals surface area contributed by atoms with Crippen LogP contribution in [0, 0.1) is 0 Å². The van der Waals surface area contributed by atoms with E-state index in [1.165, 1.54) is 56.9 Å². The van der Waals surface area contributed by atoms with Gasteiger partial charge in [-0.3, -0.25) is 4.79 Å². The maximum Gasteiger partial charge on any atom is 0.305 e. The van der Waals surface area contributed by atoms with Crippen LogP contribution in [0.5, 0.6) is 0 Å². The average Bonchev–Trinajstić information content (AvgIpc) is 2.44. The number of hydrogen-bond donors (Lipinski definition) is 0. The zero-order chi connectivity index (χ0) is 15.5. The van der Waals surface area contributed by atoms with E-state index in [0.717, 1.165) is 12.8 Å². The molecule has 0 aromatic heterocycles. The molecule has 21 heavy (non-hydrogen) atoms. The van der Waals surface area contributed by atoms with Crippen molar-refractivity contribution in [3.05, 3.63) is 23.3 Å². The highest BCUT2D eigenvalue weighted by Gasteiger charge is 2.12. The molecule has 0 aromatic rings. The molecule has 0 saturated carbocycles. The summed E-state index contributed by atoms with van der Waals surface area (Å²) in [5.74, 6) is -0.0456. The summed E-state index contributed by atoms with van der Waals surface area (Å²) in [5.41, 5.74) is 4.51. The van der Waals surface area contributed by atoms with Crippen LogP contribution in [-0.4, -0.2) is 12.6 Å². The van der Waals surface area contributed by atoms with Gasteiger partial charge in [0.25, 0.3) is 0 Å². The summed E-state index contributed by atoms with van der Waals surface area (Å²) in [6.45, 7) is 8.84. The van der Waals surface area contributed by atoms with E-state index in [9.17, 15) is 4.79 Å². The van der Waals surface area contributed by atoms with E-state index >= 15 is 0 Å². The second kappa shape index (κ2) is 10.6. The highest BCUT2D eigenvalue weighted by Crippen LogP contribution is 2.31. The fourth-order valence-corrected chi connectivity index (χ4v) is 3.07. The minimum atomic E-state index is -0.0456. The predicted octanol–water partition coefficient (Wildman–Crippen LogP) is 5.73. The number of allylic oxidation sites excluding steroid dienone is 3. The Kier molecular flexibility index (Phi) is 9.12. The Morgan fingerprint density at radius 2 is 1.76 bits per heavy atom. The first-order valence-corrected chi connectivity index (χ1v) is 8.67. The molecule has 0 heterocycles. The first-order valence-electron chi connectivity index (χ1n) is 8.67. The summed E-state index contributed by atoms with van der Waals surface area (Å²) in [6, 6.07) is 0. The zero-order valence-corrected chi connectivity index (χ0v) is 14.0. The lowest BCUT2D eigenvalue weighted by molar-refractivity contribution is -0.143. The van der Waals surface area contributed by atoms with Crippen LogP contribution in [0.15, 0.2) is 23.3 Å². The van der Waals surface area contributed by atoms with E-state index in [2.05, 4.69) is 13.5 Å². The summed E-state index contributed by atoms with van der Waals surface area (Å²) in [7, 11) is 0. The van der Waals surface area contributed by atoms with Gasteiger partial charge in [-0.1, -0.05) is 43.4 Å². The lowest BCUT2D eigenvalue weighted by Crippen LogP contribution is -2.03. The highest BCUT2D eigenvalue weighted by molar-refractivity contribution is 5.69. The third kappa shape index (κ3) is 7.50. The normalized spacial score (nSPS) is 15.4. The molecule has 0 saturated heterocycles. The van der Waals surface area contributed by atoms with Crippen molar-refractivity contribution in [2.24, 2.45) is 0 Å². The maximum absolute atomic E-state index is 11.2. The molecule has 2 heteroatoms. The van der Waals surface area contributed by atoms with E-state index in [1.807, 2.05) is 6.92 Å². The molecule has 0 amide bonds. The molecule has 120 valence electrons. The van der Waals surface area contributed by atoms with Gasteiger partial charge in [-0.05, 0) is 57.9 Å². The van der Waals surface area contributed by atoms with Crippen molar-refractivity contribution in [1.29, 1.82) is 0 Å². The van der Waals surface area contributed by atoms with Crippen LogP contribution in [0.1, 0.15) is 84.5 Å². The minimum Gasteiger partial charge on any atom is -0.466 e. The van der Waals surface area contributed by atoms with Crippen LogP contribution in [0.25, 0.3) is 0 Å². The van der Waals surface area contributed by atoms with Crippen molar-refractivity contribution >= 4 is 5.97 Å². The van der Waals surface area contributed by atoms with Gasteiger partial charge >= 0.3 is 5.97 Å². The van der Waals surface area contributed by atoms with Crippen molar-refractivity contribution < 1.29 is 9.53 Å². The van der Waals surface area contributed by atoms with E-state index < -0.39 is 0 Å². The summed E-state index contributed by atoms with van der Waals surface area (Å²) >= 11 is 0. The second-order valence-corrected chi connectivity index (χ2v) is 6.14. The fourth-order valence-electron chi connectivity index (χ4n) is 3.07. The Morgan fingerprint density at radius 3 is 2.43 bits per heavy atom. The number of esters is 1. The molecule has 0 fully saturated rings. The number of unbranched alkanes of at least 4 members (excludes halogenated alkanes) is 5. The van der Waals surface area contributed by atoms with Crippen molar-refractivity contribution in [1.82, 2.24) is 0 Å². The minimum absolute atomic E-state index is 0.0456. The molecule has 0 radical (unpaired) electrons. The molecule has 0 aromatic carbocycles. The molecule has 0 atom stereocenters. The van der Waals surface area contributed by atoms with Crippen LogP contribution in [0.4, 0.5) is 0 Å². The van der Waals surface area contributed by atoms with Crippen LogP contribution >= 0.6 is 0 Å². The number of carbonyl (C=O) groups excluding carboxylic acids is 1. The topological polar surface area (TPSA) is 26.3 Å². The molecule has 1 aliphatic carbocycles. The van der Waals surface area contributed by atoms with E-state index in [0.29, 0.717) is 13.0 Å². The Bertz CT molecular complexity index is 366. The van der Waals surface area contributed by atoms with Gasteiger partial charge in [0.1, 0.15) is 0 Å². The first kappa shape index (κ1) is 18.0. The van der Waals surface area contributed by atoms with E-state index in [1.54, 1.807) is 11.1 Å². The van der Waals surface area contributed by atoms with Gasteiger partial charge in [-0.2, -0.15) is 0 Å². The molecular weight excluding hydrogens is 260 g/mol. The zero-order valence-electron chi connectivity index (χ0n) is 14.0. The Labute approximate surface area is 130 Å². The Balaban J connectivity index is 2.00. The fraction of sp³-hybridized carbons (Fsp3) is 0.737. The summed E-state index contributed by atoms with van der Waals surface area (Å²) in [4.78, 5) is 11.2. The molecule has 1 aliphatic rings. The maximum atomic E-state index is 11.2. The first-order chi connectivity index (χ1) is 10.1. The van der Waals surface area contributed by atoms with Crippen molar-refractivity contribution in [3.8, 4) is 0 Å². The predicted molar refractivity (Wildman–Crippen MR) is 89.3 cm³/mol. The lowest BCUT2D eigenvalue weighted by Gasteiger charge is -2.20. The molecule has 0 bridgehead atoms. The van der Waals surface area contributed by atoms with Crippen molar-refractivity contribution in [2.75, 3.05) is 6.61 Å². The van der Waals surface area contributed by atoms with Crippen LogP contribution in [-0.2, 0) is 9.53 Å². The van der Waals surface area contributed by atoms with Crippen molar-refractivity contribution in [3.63, 3.8) is 0 Å². The van der Waals surface area contributed by atoms with Gasteiger partial charge in [0.2, 0.25) is 0 Å². The average molecular weight is 292 g/mol. The van der Waals surface area contributed by atoms with Crippen LogP contribution in [0.2, 0.25) is 0 Å². The van der Waals surface area contributed by atoms with Gasteiger partial charge in [-0.25, -0.2) is 0 Å². The smallest absolute Gasteiger partial charge is 0.305 e. The van der Waals surface area contributed by atoms with Gasteiger partial charge in [0, 0.05) is 6.42 Å². The number of hydrogen-bond acceptors (Lipinski definition) is 2. The number of rotatable bonds is 10. The van der Waals surface area contributed by atoms with Gasteiger partial charge < -0.3 is 4.74 Å². The molecule has 0 N–H and O–H groups in total. The van der Waals surface area contributed by atoms with Gasteiger partial charge in [-0.15, -0.1) is 0 Å².